The first-order valence-corrected chi connectivity index (χ1v) is 3.99. The highest BCUT2D eigenvalue weighted by atomic mass is 16.4. The third-order valence-corrected chi connectivity index (χ3v) is 1.62. The Kier molecular flexibility index (Phi) is 3.06. The van der Waals surface area contributed by atoms with Crippen molar-refractivity contribution in [1.29, 1.82) is 0 Å². The van der Waals surface area contributed by atoms with Crippen LogP contribution in [0.5, 0.6) is 0 Å². The molecule has 14 heavy (non-hydrogen) atoms. The lowest BCUT2D eigenvalue weighted by Crippen LogP contribution is -2.30. The Morgan fingerprint density at radius 2 is 2.29 bits per heavy atom. The second kappa shape index (κ2) is 4.27. The molecule has 5 nitrogen and oxygen atoms in total. The fraction of sp³-hybridized carbons (Fsp3) is 0.111. The second-order valence-electron chi connectivity index (χ2n) is 2.81. The van der Waals surface area contributed by atoms with Gasteiger partial charge in [-0.25, -0.2) is 0 Å². The maximum absolute atomic E-state index is 11.1. The molecule has 1 aromatic carbocycles. The van der Waals surface area contributed by atoms with Gasteiger partial charge in [-0.1, -0.05) is 17.3 Å². The van der Waals surface area contributed by atoms with Crippen molar-refractivity contribution in [2.45, 2.75) is 6.92 Å². The van der Waals surface area contributed by atoms with E-state index in [4.69, 9.17) is 10.9 Å². The van der Waals surface area contributed by atoms with E-state index in [0.717, 1.165) is 5.56 Å². The number of rotatable bonds is 1. The number of hydrogen-bond acceptors (Lipinski definition) is 3. The first kappa shape index (κ1) is 10.0. The van der Waals surface area contributed by atoms with Crippen molar-refractivity contribution in [1.82, 2.24) is 0 Å². The van der Waals surface area contributed by atoms with Crippen molar-refractivity contribution in [3.05, 3.63) is 29.8 Å². The van der Waals surface area contributed by atoms with E-state index in [0.29, 0.717) is 5.69 Å². The SMILES string of the molecule is Cc1cccc(NC(=O)/C(N)=N\O)c1. The minimum absolute atomic E-state index is 0.466. The molecule has 0 bridgehead atoms. The van der Waals surface area contributed by atoms with E-state index in [9.17, 15) is 4.79 Å². The average molecular weight is 193 g/mol. The fourth-order valence-corrected chi connectivity index (χ4v) is 0.963. The lowest BCUT2D eigenvalue weighted by molar-refractivity contribution is -0.110. The van der Waals surface area contributed by atoms with Gasteiger partial charge in [0.15, 0.2) is 0 Å². The van der Waals surface area contributed by atoms with Crippen molar-refractivity contribution in [3.63, 3.8) is 0 Å². The molecule has 1 rings (SSSR count). The third-order valence-electron chi connectivity index (χ3n) is 1.62. The van der Waals surface area contributed by atoms with E-state index in [-0.39, 0.29) is 0 Å². The molecular formula is C9H11N3O2. The number of carbonyl (C=O) groups excluding carboxylic acids is 1. The molecule has 0 fully saturated rings. The molecule has 0 unspecified atom stereocenters. The normalized spacial score (nSPS) is 11.1. The van der Waals surface area contributed by atoms with Gasteiger partial charge in [0, 0.05) is 5.69 Å². The predicted octanol–water partition coefficient (Wildman–Crippen LogP) is 0.680. The summed E-state index contributed by atoms with van der Waals surface area (Å²) in [5.41, 5.74) is 6.72. The standard InChI is InChI=1S/C9H11N3O2/c1-6-3-2-4-7(5-6)11-9(13)8(10)12-14/h2-5,14H,1H3,(H2,10,12)(H,11,13). The number of oxime groups is 1. The maximum Gasteiger partial charge on any atom is 0.294 e. The first-order chi connectivity index (χ1) is 6.63. The van der Waals surface area contributed by atoms with Crippen LogP contribution >= 0.6 is 0 Å². The summed E-state index contributed by atoms with van der Waals surface area (Å²) in [6.07, 6.45) is 0. The van der Waals surface area contributed by atoms with Crippen LogP contribution in [0.15, 0.2) is 29.4 Å². The zero-order valence-corrected chi connectivity index (χ0v) is 7.69. The molecule has 0 atom stereocenters. The molecule has 0 aliphatic rings. The summed E-state index contributed by atoms with van der Waals surface area (Å²) in [6, 6.07) is 7.20. The molecule has 0 spiro atoms. The van der Waals surface area contributed by atoms with Gasteiger partial charge in [-0.05, 0) is 24.6 Å². The summed E-state index contributed by atoms with van der Waals surface area (Å²) in [6.45, 7) is 1.90. The minimum Gasteiger partial charge on any atom is -0.409 e. The summed E-state index contributed by atoms with van der Waals surface area (Å²) in [5, 5.41) is 13.3. The van der Waals surface area contributed by atoms with E-state index in [1.165, 1.54) is 0 Å². The van der Waals surface area contributed by atoms with Gasteiger partial charge in [0.25, 0.3) is 5.91 Å². The number of benzene rings is 1. The Morgan fingerprint density at radius 1 is 1.57 bits per heavy atom. The third kappa shape index (κ3) is 2.48. The molecule has 0 saturated heterocycles. The van der Waals surface area contributed by atoms with Crippen LogP contribution in [0.2, 0.25) is 0 Å². The predicted molar refractivity (Wildman–Crippen MR) is 53.2 cm³/mol. The smallest absolute Gasteiger partial charge is 0.294 e. The summed E-state index contributed by atoms with van der Waals surface area (Å²) in [5.74, 6) is -1.09. The van der Waals surface area contributed by atoms with Gasteiger partial charge in [0.2, 0.25) is 5.84 Å². The molecule has 74 valence electrons. The molecule has 1 amide bonds. The van der Waals surface area contributed by atoms with Crippen molar-refractivity contribution >= 4 is 17.4 Å². The van der Waals surface area contributed by atoms with Crippen LogP contribution in [0, 0.1) is 6.92 Å². The zero-order chi connectivity index (χ0) is 10.6. The van der Waals surface area contributed by atoms with E-state index >= 15 is 0 Å². The van der Waals surface area contributed by atoms with E-state index in [1.807, 2.05) is 13.0 Å². The number of nitrogens with two attached hydrogens (primary N) is 1. The van der Waals surface area contributed by atoms with Crippen LogP contribution in [0.1, 0.15) is 5.56 Å². The molecule has 0 aliphatic carbocycles. The van der Waals surface area contributed by atoms with Gasteiger partial charge in [-0.15, -0.1) is 0 Å². The van der Waals surface area contributed by atoms with Crippen LogP contribution in [0.4, 0.5) is 5.69 Å². The Balaban J connectivity index is 2.75. The van der Waals surface area contributed by atoms with E-state index in [1.54, 1.807) is 18.2 Å². The first-order valence-electron chi connectivity index (χ1n) is 3.99. The Bertz CT molecular complexity index is 374. The van der Waals surface area contributed by atoms with Crippen molar-refractivity contribution in [2.24, 2.45) is 10.9 Å². The molecule has 0 heterocycles. The van der Waals surface area contributed by atoms with Crippen LogP contribution in [-0.4, -0.2) is 17.0 Å². The molecule has 5 heteroatoms. The topological polar surface area (TPSA) is 87.7 Å². The van der Waals surface area contributed by atoms with Gasteiger partial charge in [0.1, 0.15) is 0 Å². The highest BCUT2D eigenvalue weighted by molar-refractivity contribution is 6.41. The number of aryl methyl sites for hydroxylation is 1. The molecule has 0 aliphatic heterocycles. The quantitative estimate of drug-likeness (QED) is 0.265. The number of carbonyl (C=O) groups is 1. The maximum atomic E-state index is 11.1. The van der Waals surface area contributed by atoms with Crippen LogP contribution in [-0.2, 0) is 4.79 Å². The number of nitrogens with one attached hydrogen (secondary N) is 1. The van der Waals surface area contributed by atoms with Gasteiger partial charge in [0.05, 0.1) is 0 Å². The Morgan fingerprint density at radius 3 is 2.86 bits per heavy atom. The number of nitrogens with zero attached hydrogens (tertiary/aromatic N) is 1. The van der Waals surface area contributed by atoms with Crippen molar-refractivity contribution in [3.8, 4) is 0 Å². The van der Waals surface area contributed by atoms with Gasteiger partial charge in [-0.2, -0.15) is 0 Å². The summed E-state index contributed by atoms with van der Waals surface area (Å²) in [7, 11) is 0. The van der Waals surface area contributed by atoms with Crippen LogP contribution < -0.4 is 11.1 Å². The number of amides is 1. The molecule has 0 radical (unpaired) electrons. The minimum atomic E-state index is -0.627. The van der Waals surface area contributed by atoms with Crippen LogP contribution in [0.3, 0.4) is 0 Å². The summed E-state index contributed by atoms with van der Waals surface area (Å²) >= 11 is 0. The fourth-order valence-electron chi connectivity index (χ4n) is 0.963. The zero-order valence-electron chi connectivity index (χ0n) is 7.69. The Hall–Kier alpha value is -2.04. The highest BCUT2D eigenvalue weighted by Crippen LogP contribution is 2.08. The van der Waals surface area contributed by atoms with Crippen molar-refractivity contribution < 1.29 is 10.0 Å². The molecular weight excluding hydrogens is 182 g/mol. The Labute approximate surface area is 81.2 Å². The van der Waals surface area contributed by atoms with E-state index in [2.05, 4.69) is 10.5 Å². The molecule has 0 aromatic heterocycles. The van der Waals surface area contributed by atoms with Gasteiger partial charge >= 0.3 is 0 Å². The van der Waals surface area contributed by atoms with Gasteiger partial charge < -0.3 is 16.3 Å². The number of anilines is 1. The average Bonchev–Trinajstić information content (AvgIpc) is 2.16. The van der Waals surface area contributed by atoms with Gasteiger partial charge in [-0.3, -0.25) is 4.79 Å². The monoisotopic (exact) mass is 193 g/mol. The second-order valence-corrected chi connectivity index (χ2v) is 2.81. The largest absolute Gasteiger partial charge is 0.409 e. The lowest BCUT2D eigenvalue weighted by Gasteiger charge is -2.03. The molecule has 4 N–H and O–H groups in total. The highest BCUT2D eigenvalue weighted by Gasteiger charge is 2.06. The summed E-state index contributed by atoms with van der Waals surface area (Å²) < 4.78 is 0. The van der Waals surface area contributed by atoms with E-state index < -0.39 is 11.7 Å². The summed E-state index contributed by atoms with van der Waals surface area (Å²) in [4.78, 5) is 11.1. The number of hydrogen-bond donors (Lipinski definition) is 3. The lowest BCUT2D eigenvalue weighted by atomic mass is 10.2. The number of amidine groups is 1. The van der Waals surface area contributed by atoms with Crippen LogP contribution in [0.25, 0.3) is 0 Å². The molecule has 0 saturated carbocycles. The molecule has 1 aromatic rings. The van der Waals surface area contributed by atoms with Crippen molar-refractivity contribution in [2.75, 3.05) is 5.32 Å².